The van der Waals surface area contributed by atoms with E-state index in [0.29, 0.717) is 25.7 Å². The van der Waals surface area contributed by atoms with Gasteiger partial charge in [0.05, 0.1) is 0 Å². The molecular weight excluding hydrogens is 899 g/mol. The van der Waals surface area contributed by atoms with Crippen LogP contribution in [0.1, 0.15) is 60.4 Å². The van der Waals surface area contributed by atoms with E-state index in [4.69, 9.17) is 18.9 Å². The van der Waals surface area contributed by atoms with Crippen LogP contribution in [0, 0.1) is 0 Å². The van der Waals surface area contributed by atoms with Crippen molar-refractivity contribution in [2.75, 3.05) is 4.90 Å². The Hall–Kier alpha value is -8.82. The van der Waals surface area contributed by atoms with Crippen molar-refractivity contribution >= 4 is 40.9 Å². The summed E-state index contributed by atoms with van der Waals surface area (Å²) in [6.45, 7) is 18.3. The van der Waals surface area contributed by atoms with Crippen molar-refractivity contribution in [3.63, 3.8) is 0 Å². The van der Waals surface area contributed by atoms with Crippen LogP contribution < -0.4 is 23.8 Å². The minimum Gasteiger partial charge on any atom is -0.423 e. The third-order valence-electron chi connectivity index (χ3n) is 12.2. The highest BCUT2D eigenvalue weighted by Gasteiger charge is 2.19. The van der Waals surface area contributed by atoms with Crippen LogP contribution in [0.15, 0.2) is 208 Å². The average molecular weight is 956 g/mol. The predicted molar refractivity (Wildman–Crippen MR) is 286 cm³/mol. The third kappa shape index (κ3) is 13.7. The number of hydrogen-bond donors (Lipinski definition) is 0. The van der Waals surface area contributed by atoms with Gasteiger partial charge in [0.1, 0.15) is 23.0 Å². The normalized spacial score (nSPS) is 10.7. The van der Waals surface area contributed by atoms with Crippen molar-refractivity contribution in [3.8, 4) is 45.3 Å². The minimum atomic E-state index is -0.658. The lowest BCUT2D eigenvalue weighted by molar-refractivity contribution is -0.130. The van der Waals surface area contributed by atoms with Gasteiger partial charge in [0, 0.05) is 53.5 Å². The second-order valence-electron chi connectivity index (χ2n) is 17.0. The molecule has 9 heteroatoms. The highest BCUT2D eigenvalue weighted by atomic mass is 16.6. The van der Waals surface area contributed by atoms with E-state index in [1.807, 2.05) is 0 Å². The van der Waals surface area contributed by atoms with Crippen molar-refractivity contribution in [1.82, 2.24) is 0 Å². The van der Waals surface area contributed by atoms with Gasteiger partial charge in [-0.15, -0.1) is 0 Å². The molecule has 0 aromatic heterocycles. The lowest BCUT2D eigenvalue weighted by atomic mass is 9.87. The van der Waals surface area contributed by atoms with Crippen molar-refractivity contribution in [2.24, 2.45) is 0 Å². The fourth-order valence-electron chi connectivity index (χ4n) is 8.39. The van der Waals surface area contributed by atoms with Gasteiger partial charge in [-0.3, -0.25) is 0 Å². The van der Waals surface area contributed by atoms with E-state index in [0.717, 1.165) is 93.2 Å². The maximum atomic E-state index is 12.3. The molecule has 72 heavy (non-hydrogen) atoms. The van der Waals surface area contributed by atoms with Crippen LogP contribution in [0.2, 0.25) is 0 Å². The highest BCUT2D eigenvalue weighted by molar-refractivity contribution is 5.86. The fourth-order valence-corrected chi connectivity index (χ4v) is 8.39. The van der Waals surface area contributed by atoms with Crippen molar-refractivity contribution in [1.29, 1.82) is 0 Å². The first-order chi connectivity index (χ1) is 35.0. The fraction of sp³-hybridized carbons (Fsp3) is 0.143. The Labute approximate surface area is 422 Å². The number of carbonyl (C=O) groups excluding carboxylic acids is 4. The number of carbonyl (C=O) groups is 4. The lowest BCUT2D eigenvalue weighted by Crippen LogP contribution is -2.11. The van der Waals surface area contributed by atoms with Crippen LogP contribution in [0.4, 0.5) is 17.1 Å². The molecule has 7 aromatic carbocycles. The van der Waals surface area contributed by atoms with Crippen LogP contribution in [-0.4, -0.2) is 23.9 Å². The Kier molecular flexibility index (Phi) is 17.5. The van der Waals surface area contributed by atoms with E-state index < -0.39 is 23.9 Å². The van der Waals surface area contributed by atoms with E-state index in [9.17, 15) is 19.2 Å². The van der Waals surface area contributed by atoms with E-state index in [-0.39, 0.29) is 28.9 Å². The Morgan fingerprint density at radius 2 is 0.681 bits per heavy atom. The highest BCUT2D eigenvalue weighted by Crippen LogP contribution is 2.39. The van der Waals surface area contributed by atoms with Gasteiger partial charge in [-0.2, -0.15) is 0 Å². The molecule has 0 spiro atoms. The average Bonchev–Trinajstić information content (AvgIpc) is 3.41. The Balaban J connectivity index is 1.25. The van der Waals surface area contributed by atoms with Gasteiger partial charge in [0.2, 0.25) is 0 Å². The number of anilines is 3. The van der Waals surface area contributed by atoms with Gasteiger partial charge in [-0.05, 0) is 155 Å². The second-order valence-corrected chi connectivity index (χ2v) is 17.0. The van der Waals surface area contributed by atoms with Crippen molar-refractivity contribution in [3.05, 3.63) is 236 Å². The van der Waals surface area contributed by atoms with Gasteiger partial charge in [0.15, 0.2) is 0 Å². The van der Waals surface area contributed by atoms with Gasteiger partial charge in [-0.25, -0.2) is 19.2 Å². The molecule has 0 fully saturated rings. The molecule has 0 heterocycles. The first kappa shape index (κ1) is 51.0. The maximum absolute atomic E-state index is 12.3. The molecule has 0 aliphatic heterocycles. The molecule has 0 unspecified atom stereocenters. The molecule has 0 saturated heterocycles. The number of rotatable bonds is 22. The number of nitrogens with zero attached hydrogens (tertiary/aromatic N) is 1. The van der Waals surface area contributed by atoms with E-state index in [1.54, 1.807) is 24.3 Å². The first-order valence-electron chi connectivity index (χ1n) is 23.9. The molecule has 9 nitrogen and oxygen atoms in total. The molecule has 0 N–H and O–H groups in total. The number of aryl methyl sites for hydroxylation is 4. The van der Waals surface area contributed by atoms with Gasteiger partial charge in [0.25, 0.3) is 0 Å². The summed E-state index contributed by atoms with van der Waals surface area (Å²) in [5, 5.41) is 0. The number of ether oxygens (including phenoxy) is 4. The van der Waals surface area contributed by atoms with E-state index in [2.05, 4.69) is 166 Å². The van der Waals surface area contributed by atoms with Crippen LogP contribution in [0.5, 0.6) is 23.0 Å². The standard InChI is InChI=1S/C63H57NO8/c1-7-43-13-19-47(20-14-43)50-25-31-53(32-26-50)64(54-33-27-51(28-34-54)48-21-15-44(8-2)16-22-48)55-35-29-52(30-36-55)49(23-17-45-37-56(69-60(65)9-3)41-57(38-45)70-61(66)10-4)24-18-46-39-58(71-62(67)11-5)42-59(40-46)72-63(68)12-6/h9-16,19-22,25-42,49H,3-8,17-18,23-24H2,1-2H3. The monoisotopic (exact) mass is 955 g/mol. The predicted octanol–water partition coefficient (Wildman–Crippen LogP) is 14.3. The molecule has 0 atom stereocenters. The van der Waals surface area contributed by atoms with Crippen LogP contribution >= 0.6 is 0 Å². The quantitative estimate of drug-likeness (QED) is 0.0373. The SMILES string of the molecule is C=CC(=O)Oc1cc(CCC(CCc2cc(OC(=O)C=C)cc(OC(=O)C=C)c2)c2ccc(N(c3ccc(-c4ccc(CC)cc4)cc3)c3ccc(-c4ccc(CC)cc4)cc3)cc2)cc(OC(=O)C=C)c1. The summed E-state index contributed by atoms with van der Waals surface area (Å²) >= 11 is 0. The van der Waals surface area contributed by atoms with E-state index >= 15 is 0 Å². The molecule has 0 aliphatic carbocycles. The zero-order valence-electron chi connectivity index (χ0n) is 40.7. The van der Waals surface area contributed by atoms with Gasteiger partial charge < -0.3 is 23.8 Å². The largest absolute Gasteiger partial charge is 0.423 e. The summed E-state index contributed by atoms with van der Waals surface area (Å²) in [5.74, 6) is -1.91. The molecule has 7 rings (SSSR count). The topological polar surface area (TPSA) is 108 Å². The summed E-state index contributed by atoms with van der Waals surface area (Å²) in [6.07, 6.45) is 8.41. The van der Waals surface area contributed by atoms with Crippen LogP contribution in [-0.2, 0) is 44.9 Å². The number of benzene rings is 7. The smallest absolute Gasteiger partial charge is 0.335 e. The summed E-state index contributed by atoms with van der Waals surface area (Å²) in [6, 6.07) is 53.0. The number of esters is 4. The van der Waals surface area contributed by atoms with Gasteiger partial charge >= 0.3 is 23.9 Å². The molecule has 0 saturated carbocycles. The zero-order chi connectivity index (χ0) is 51.0. The Morgan fingerprint density at radius 3 is 0.958 bits per heavy atom. The minimum absolute atomic E-state index is 0.0682. The zero-order valence-corrected chi connectivity index (χ0v) is 40.7. The molecular formula is C63H57NO8. The second kappa shape index (κ2) is 24.6. The molecule has 0 bridgehead atoms. The van der Waals surface area contributed by atoms with Crippen LogP contribution in [0.25, 0.3) is 22.3 Å². The first-order valence-corrected chi connectivity index (χ1v) is 23.9. The number of hydrogen-bond acceptors (Lipinski definition) is 9. The third-order valence-corrected chi connectivity index (χ3v) is 12.2. The molecule has 0 radical (unpaired) electrons. The summed E-state index contributed by atoms with van der Waals surface area (Å²) in [4.78, 5) is 51.3. The molecule has 0 amide bonds. The summed E-state index contributed by atoms with van der Waals surface area (Å²) in [7, 11) is 0. The van der Waals surface area contributed by atoms with Crippen molar-refractivity contribution in [2.45, 2.75) is 58.3 Å². The van der Waals surface area contributed by atoms with Crippen molar-refractivity contribution < 1.29 is 38.1 Å². The molecule has 0 aliphatic rings. The lowest BCUT2D eigenvalue weighted by Gasteiger charge is -2.27. The molecule has 7 aromatic rings. The summed E-state index contributed by atoms with van der Waals surface area (Å²) in [5.41, 5.74) is 12.6. The van der Waals surface area contributed by atoms with Gasteiger partial charge in [-0.1, -0.05) is 125 Å². The van der Waals surface area contributed by atoms with Crippen LogP contribution in [0.3, 0.4) is 0 Å². The maximum Gasteiger partial charge on any atom is 0.335 e. The molecule has 362 valence electrons. The Morgan fingerprint density at radius 1 is 0.403 bits per heavy atom. The van der Waals surface area contributed by atoms with E-state index in [1.165, 1.54) is 23.3 Å². The Bertz CT molecular complexity index is 2790. The summed E-state index contributed by atoms with van der Waals surface area (Å²) < 4.78 is 21.9.